The highest BCUT2D eigenvalue weighted by molar-refractivity contribution is 5.87. The molecule has 6 nitrogen and oxygen atoms in total. The maximum absolute atomic E-state index is 11.3. The lowest BCUT2D eigenvalue weighted by molar-refractivity contribution is 0.0686. The number of nitrogens with zero attached hydrogens (tertiary/aromatic N) is 2. The summed E-state index contributed by atoms with van der Waals surface area (Å²) >= 11 is 0. The zero-order valence-electron chi connectivity index (χ0n) is 10.7. The topological polar surface area (TPSA) is 84.6 Å². The zero-order chi connectivity index (χ0) is 13.4. The Labute approximate surface area is 111 Å². The number of ether oxygens (including phenoxy) is 1. The Morgan fingerprint density at radius 1 is 1.32 bits per heavy atom. The van der Waals surface area contributed by atoms with Crippen LogP contribution < -0.4 is 0 Å². The van der Waals surface area contributed by atoms with Crippen LogP contribution in [0.5, 0.6) is 0 Å². The van der Waals surface area contributed by atoms with E-state index in [1.54, 1.807) is 0 Å². The molecule has 2 aliphatic rings. The van der Waals surface area contributed by atoms with Gasteiger partial charge in [0.25, 0.3) is 0 Å². The van der Waals surface area contributed by atoms with Crippen molar-refractivity contribution >= 4 is 5.97 Å². The number of hydrogen-bond donors (Lipinski definition) is 2. The lowest BCUT2D eigenvalue weighted by Crippen LogP contribution is -2.27. The van der Waals surface area contributed by atoms with Gasteiger partial charge in [0.15, 0.2) is 5.69 Å². The molecular formula is C13H18N2O4. The normalized spacial score (nSPS) is 24.2. The second-order valence-corrected chi connectivity index (χ2v) is 5.26. The molecular weight excluding hydrogens is 248 g/mol. The van der Waals surface area contributed by atoms with Crippen molar-refractivity contribution in [3.05, 3.63) is 17.2 Å². The monoisotopic (exact) mass is 266 g/mol. The number of aliphatic hydroxyl groups is 1. The average molecular weight is 266 g/mol. The number of aromatic carboxylic acids is 1. The number of carboxylic acids is 1. The Kier molecular flexibility index (Phi) is 3.28. The van der Waals surface area contributed by atoms with Crippen molar-refractivity contribution in [2.75, 3.05) is 13.2 Å². The van der Waals surface area contributed by atoms with Crippen LogP contribution in [0.15, 0.2) is 0 Å². The third kappa shape index (κ3) is 2.26. The summed E-state index contributed by atoms with van der Waals surface area (Å²) in [4.78, 5) is 15.6. The second-order valence-electron chi connectivity index (χ2n) is 5.26. The van der Waals surface area contributed by atoms with Crippen LogP contribution in [0.4, 0.5) is 0 Å². The number of imidazole rings is 1. The predicted molar refractivity (Wildman–Crippen MR) is 66.3 cm³/mol. The van der Waals surface area contributed by atoms with Gasteiger partial charge in [0, 0.05) is 19.1 Å². The molecule has 2 aliphatic heterocycles. The van der Waals surface area contributed by atoms with E-state index in [0.29, 0.717) is 32.6 Å². The Morgan fingerprint density at radius 2 is 2.05 bits per heavy atom. The van der Waals surface area contributed by atoms with Gasteiger partial charge in [-0.15, -0.1) is 0 Å². The standard InChI is InChI=1S/C13H18N2O4/c16-9-1-2-10-11(13(17)18)14-12(15(10)7-9)8-3-5-19-6-4-8/h8-9,16H,1-7H2,(H,17,18). The third-order valence-electron chi connectivity index (χ3n) is 4.00. The molecule has 1 fully saturated rings. The minimum Gasteiger partial charge on any atom is -0.476 e. The number of fused-ring (bicyclic) bond motifs is 1. The van der Waals surface area contributed by atoms with Gasteiger partial charge in [-0.2, -0.15) is 0 Å². The Hall–Kier alpha value is -1.40. The van der Waals surface area contributed by atoms with E-state index in [2.05, 4.69) is 4.98 Å². The van der Waals surface area contributed by atoms with Crippen molar-refractivity contribution in [1.82, 2.24) is 9.55 Å². The Bertz CT molecular complexity index is 491. The molecule has 3 rings (SSSR count). The van der Waals surface area contributed by atoms with Crippen LogP contribution in [0.2, 0.25) is 0 Å². The summed E-state index contributed by atoms with van der Waals surface area (Å²) in [5.41, 5.74) is 0.924. The van der Waals surface area contributed by atoms with Crippen LogP contribution in [-0.4, -0.2) is 45.1 Å². The fourth-order valence-corrected chi connectivity index (χ4v) is 3.01. The first-order chi connectivity index (χ1) is 9.16. The largest absolute Gasteiger partial charge is 0.476 e. The van der Waals surface area contributed by atoms with Crippen molar-refractivity contribution in [2.45, 2.75) is 44.2 Å². The molecule has 1 aromatic heterocycles. The van der Waals surface area contributed by atoms with Crippen LogP contribution in [-0.2, 0) is 17.7 Å². The summed E-state index contributed by atoms with van der Waals surface area (Å²) < 4.78 is 7.26. The molecule has 3 heterocycles. The Morgan fingerprint density at radius 3 is 2.74 bits per heavy atom. The molecule has 0 bridgehead atoms. The molecule has 104 valence electrons. The number of hydrogen-bond acceptors (Lipinski definition) is 4. The maximum Gasteiger partial charge on any atom is 0.356 e. The third-order valence-corrected chi connectivity index (χ3v) is 4.00. The molecule has 0 radical (unpaired) electrons. The highest BCUT2D eigenvalue weighted by Crippen LogP contribution is 2.31. The number of rotatable bonds is 2. The zero-order valence-corrected chi connectivity index (χ0v) is 10.7. The second kappa shape index (κ2) is 4.94. The predicted octanol–water partition coefficient (Wildman–Crippen LogP) is 0.782. The van der Waals surface area contributed by atoms with E-state index in [-0.39, 0.29) is 11.6 Å². The highest BCUT2D eigenvalue weighted by atomic mass is 16.5. The maximum atomic E-state index is 11.3. The van der Waals surface area contributed by atoms with E-state index in [0.717, 1.165) is 24.4 Å². The lowest BCUT2D eigenvalue weighted by atomic mass is 9.98. The van der Waals surface area contributed by atoms with Gasteiger partial charge in [-0.1, -0.05) is 0 Å². The molecule has 1 atom stereocenters. The molecule has 1 unspecified atom stereocenters. The first kappa shape index (κ1) is 12.6. The van der Waals surface area contributed by atoms with Crippen LogP contribution in [0.1, 0.15) is 47.2 Å². The van der Waals surface area contributed by atoms with E-state index in [1.807, 2.05) is 4.57 Å². The van der Waals surface area contributed by atoms with Crippen LogP contribution in [0.25, 0.3) is 0 Å². The minimum atomic E-state index is -0.974. The molecule has 1 saturated heterocycles. The van der Waals surface area contributed by atoms with Gasteiger partial charge in [-0.25, -0.2) is 9.78 Å². The fraction of sp³-hybridized carbons (Fsp3) is 0.692. The number of carboxylic acid groups (broad SMARTS) is 1. The van der Waals surface area contributed by atoms with Crippen molar-refractivity contribution < 1.29 is 19.7 Å². The molecule has 1 aromatic rings. The van der Waals surface area contributed by atoms with Crippen LogP contribution >= 0.6 is 0 Å². The molecule has 2 N–H and O–H groups in total. The summed E-state index contributed by atoms with van der Waals surface area (Å²) in [5.74, 6) is 0.0822. The summed E-state index contributed by atoms with van der Waals surface area (Å²) in [7, 11) is 0. The summed E-state index contributed by atoms with van der Waals surface area (Å²) in [5, 5.41) is 19.1. The Balaban J connectivity index is 2.01. The van der Waals surface area contributed by atoms with E-state index >= 15 is 0 Å². The van der Waals surface area contributed by atoms with E-state index in [9.17, 15) is 15.0 Å². The van der Waals surface area contributed by atoms with Gasteiger partial charge in [0.2, 0.25) is 0 Å². The first-order valence-electron chi connectivity index (χ1n) is 6.75. The SMILES string of the molecule is O=C(O)c1nc(C2CCOCC2)n2c1CCC(O)C2. The van der Waals surface area contributed by atoms with E-state index in [4.69, 9.17) is 4.74 Å². The van der Waals surface area contributed by atoms with E-state index < -0.39 is 12.1 Å². The lowest BCUT2D eigenvalue weighted by Gasteiger charge is -2.26. The van der Waals surface area contributed by atoms with Crippen molar-refractivity contribution in [2.24, 2.45) is 0 Å². The molecule has 0 aliphatic carbocycles. The first-order valence-corrected chi connectivity index (χ1v) is 6.75. The van der Waals surface area contributed by atoms with Gasteiger partial charge >= 0.3 is 5.97 Å². The van der Waals surface area contributed by atoms with Gasteiger partial charge in [0.1, 0.15) is 5.82 Å². The molecule has 0 saturated carbocycles. The van der Waals surface area contributed by atoms with Crippen LogP contribution in [0.3, 0.4) is 0 Å². The number of carbonyl (C=O) groups is 1. The minimum absolute atomic E-state index is 0.161. The van der Waals surface area contributed by atoms with Gasteiger partial charge < -0.3 is 19.5 Å². The molecule has 19 heavy (non-hydrogen) atoms. The number of aromatic nitrogens is 2. The molecule has 0 spiro atoms. The smallest absolute Gasteiger partial charge is 0.356 e. The summed E-state index contributed by atoms with van der Waals surface area (Å²) in [6, 6.07) is 0. The quantitative estimate of drug-likeness (QED) is 0.826. The van der Waals surface area contributed by atoms with Crippen molar-refractivity contribution in [3.8, 4) is 0 Å². The van der Waals surface area contributed by atoms with Crippen molar-refractivity contribution in [1.29, 1.82) is 0 Å². The van der Waals surface area contributed by atoms with Crippen molar-refractivity contribution in [3.63, 3.8) is 0 Å². The number of aliphatic hydroxyl groups excluding tert-OH is 1. The summed E-state index contributed by atoms with van der Waals surface area (Å²) in [6.45, 7) is 1.85. The van der Waals surface area contributed by atoms with Gasteiger partial charge in [0.05, 0.1) is 18.3 Å². The molecule has 6 heteroatoms. The van der Waals surface area contributed by atoms with Gasteiger partial charge in [-0.05, 0) is 25.7 Å². The summed E-state index contributed by atoms with van der Waals surface area (Å²) in [6.07, 6.45) is 2.53. The fourth-order valence-electron chi connectivity index (χ4n) is 3.01. The molecule has 0 aromatic carbocycles. The van der Waals surface area contributed by atoms with Gasteiger partial charge in [-0.3, -0.25) is 0 Å². The van der Waals surface area contributed by atoms with E-state index in [1.165, 1.54) is 0 Å². The average Bonchev–Trinajstić information content (AvgIpc) is 2.78. The van der Waals surface area contributed by atoms with Crippen LogP contribution in [0, 0.1) is 0 Å². The molecule has 0 amide bonds. The highest BCUT2D eigenvalue weighted by Gasteiger charge is 2.31.